The highest BCUT2D eigenvalue weighted by Crippen LogP contribution is 2.20. The number of nitrogens with one attached hydrogen (secondary N) is 1. The number of sulfone groups is 2. The molecule has 1 rings (SSSR count). The molecule has 0 heterocycles. The van der Waals surface area contributed by atoms with Gasteiger partial charge in [-0.2, -0.15) is 0 Å². The lowest BCUT2D eigenvalue weighted by Crippen LogP contribution is -2.25. The van der Waals surface area contributed by atoms with E-state index in [1.54, 1.807) is 6.92 Å². The Bertz CT molecular complexity index is 668. The number of hydrogen-bond acceptors (Lipinski definition) is 5. The number of hydrogen-bond donors (Lipinski definition) is 1. The number of rotatable bonds is 5. The predicted molar refractivity (Wildman–Crippen MR) is 72.3 cm³/mol. The molecule has 0 bridgehead atoms. The highest BCUT2D eigenvalue weighted by molar-refractivity contribution is 7.91. The molecule has 1 aromatic rings. The highest BCUT2D eigenvalue weighted by Gasteiger charge is 2.15. The van der Waals surface area contributed by atoms with Crippen molar-refractivity contribution in [2.75, 3.05) is 23.6 Å². The molecule has 1 unspecified atom stereocenters. The zero-order valence-electron chi connectivity index (χ0n) is 10.8. The second kappa shape index (κ2) is 5.46. The topological polar surface area (TPSA) is 80.3 Å². The van der Waals surface area contributed by atoms with Gasteiger partial charge in [-0.3, -0.25) is 0 Å². The van der Waals surface area contributed by atoms with E-state index in [1.807, 2.05) is 0 Å². The van der Waals surface area contributed by atoms with Gasteiger partial charge in [-0.1, -0.05) is 0 Å². The molecule has 1 N–H and O–H groups in total. The lowest BCUT2D eigenvalue weighted by molar-refractivity contribution is 0.594. The third-order valence-corrected chi connectivity index (χ3v) is 4.54. The van der Waals surface area contributed by atoms with Gasteiger partial charge in [0.1, 0.15) is 15.7 Å². The Balaban J connectivity index is 3.01. The molecule has 0 amide bonds. The molecular weight excluding hydrogens is 293 g/mol. The molecule has 0 saturated heterocycles. The molecule has 1 atom stereocenters. The van der Waals surface area contributed by atoms with E-state index in [0.29, 0.717) is 0 Å². The lowest BCUT2D eigenvalue weighted by Gasteiger charge is -2.15. The fourth-order valence-corrected chi connectivity index (χ4v) is 3.25. The van der Waals surface area contributed by atoms with Crippen molar-refractivity contribution in [2.24, 2.45) is 0 Å². The number of halogens is 1. The molecule has 5 nitrogen and oxygen atoms in total. The van der Waals surface area contributed by atoms with Crippen LogP contribution >= 0.6 is 0 Å². The first-order valence-corrected chi connectivity index (χ1v) is 9.38. The Kier molecular flexibility index (Phi) is 4.57. The van der Waals surface area contributed by atoms with Gasteiger partial charge in [0, 0.05) is 18.6 Å². The van der Waals surface area contributed by atoms with Gasteiger partial charge in [0.2, 0.25) is 0 Å². The van der Waals surface area contributed by atoms with Gasteiger partial charge in [0.05, 0.1) is 16.3 Å². The van der Waals surface area contributed by atoms with Crippen LogP contribution in [-0.2, 0) is 19.7 Å². The monoisotopic (exact) mass is 309 g/mol. The van der Waals surface area contributed by atoms with Crippen LogP contribution in [0.4, 0.5) is 10.1 Å². The molecule has 0 fully saturated rings. The van der Waals surface area contributed by atoms with Crippen LogP contribution in [0.15, 0.2) is 23.1 Å². The molecule has 0 spiro atoms. The van der Waals surface area contributed by atoms with Crippen LogP contribution in [0.25, 0.3) is 0 Å². The summed E-state index contributed by atoms with van der Waals surface area (Å²) in [4.78, 5) is -0.0250. The van der Waals surface area contributed by atoms with Crippen molar-refractivity contribution in [3.05, 3.63) is 24.0 Å². The Hall–Kier alpha value is -1.15. The Morgan fingerprint density at radius 2 is 1.79 bits per heavy atom. The van der Waals surface area contributed by atoms with E-state index in [1.165, 1.54) is 0 Å². The summed E-state index contributed by atoms with van der Waals surface area (Å²) in [5.41, 5.74) is -0.0286. The molecule has 19 heavy (non-hydrogen) atoms. The van der Waals surface area contributed by atoms with Gasteiger partial charge < -0.3 is 5.32 Å². The van der Waals surface area contributed by atoms with Crippen LogP contribution in [0.2, 0.25) is 0 Å². The smallest absolute Gasteiger partial charge is 0.175 e. The third-order valence-electron chi connectivity index (χ3n) is 2.32. The van der Waals surface area contributed by atoms with Crippen molar-refractivity contribution in [3.63, 3.8) is 0 Å². The fourth-order valence-electron chi connectivity index (χ4n) is 1.61. The first kappa shape index (κ1) is 15.9. The van der Waals surface area contributed by atoms with Gasteiger partial charge in [-0.25, -0.2) is 21.2 Å². The Labute approximate surface area is 112 Å². The minimum atomic E-state index is -3.44. The van der Waals surface area contributed by atoms with Crippen LogP contribution in [0.5, 0.6) is 0 Å². The Morgan fingerprint density at radius 1 is 1.21 bits per heavy atom. The average molecular weight is 309 g/mol. The van der Waals surface area contributed by atoms with E-state index < -0.39 is 31.5 Å². The quantitative estimate of drug-likeness (QED) is 0.823. The van der Waals surface area contributed by atoms with E-state index >= 15 is 0 Å². The summed E-state index contributed by atoms with van der Waals surface area (Å²) in [6.07, 6.45) is 2.10. The second-order valence-electron chi connectivity index (χ2n) is 4.55. The zero-order chi connectivity index (χ0) is 14.8. The van der Waals surface area contributed by atoms with Gasteiger partial charge >= 0.3 is 0 Å². The minimum Gasteiger partial charge on any atom is -0.379 e. The first-order valence-electron chi connectivity index (χ1n) is 5.43. The van der Waals surface area contributed by atoms with E-state index in [9.17, 15) is 21.2 Å². The Morgan fingerprint density at radius 3 is 2.26 bits per heavy atom. The summed E-state index contributed by atoms with van der Waals surface area (Å²) in [7, 11) is -6.64. The summed E-state index contributed by atoms with van der Waals surface area (Å²) >= 11 is 0. The average Bonchev–Trinajstić information content (AvgIpc) is 2.16. The van der Waals surface area contributed by atoms with Crippen molar-refractivity contribution in [3.8, 4) is 0 Å². The van der Waals surface area contributed by atoms with E-state index in [4.69, 9.17) is 0 Å². The van der Waals surface area contributed by atoms with E-state index in [2.05, 4.69) is 5.32 Å². The molecule has 8 heteroatoms. The molecule has 0 aliphatic heterocycles. The number of anilines is 1. The van der Waals surface area contributed by atoms with Crippen LogP contribution in [0.3, 0.4) is 0 Å². The van der Waals surface area contributed by atoms with Crippen LogP contribution < -0.4 is 5.32 Å². The van der Waals surface area contributed by atoms with Gasteiger partial charge in [-0.05, 0) is 25.1 Å². The normalized spacial score (nSPS) is 14.1. The van der Waals surface area contributed by atoms with Crippen molar-refractivity contribution in [2.45, 2.75) is 17.9 Å². The van der Waals surface area contributed by atoms with Gasteiger partial charge in [0.15, 0.2) is 9.84 Å². The summed E-state index contributed by atoms with van der Waals surface area (Å²) in [6, 6.07) is 2.83. The van der Waals surface area contributed by atoms with Crippen LogP contribution in [-0.4, -0.2) is 41.1 Å². The van der Waals surface area contributed by atoms with Gasteiger partial charge in [0.25, 0.3) is 0 Å². The predicted octanol–water partition coefficient (Wildman–Crippen LogP) is 1.07. The lowest BCUT2D eigenvalue weighted by atomic mass is 10.2. The van der Waals surface area contributed by atoms with Crippen LogP contribution in [0.1, 0.15) is 6.92 Å². The summed E-state index contributed by atoms with van der Waals surface area (Å²) in [5.74, 6) is -0.803. The van der Waals surface area contributed by atoms with Crippen molar-refractivity contribution < 1.29 is 21.2 Å². The zero-order valence-corrected chi connectivity index (χ0v) is 12.5. The van der Waals surface area contributed by atoms with Crippen molar-refractivity contribution in [1.29, 1.82) is 0 Å². The first-order chi connectivity index (χ1) is 8.49. The maximum atomic E-state index is 13.5. The summed E-state index contributed by atoms with van der Waals surface area (Å²) < 4.78 is 58.5. The maximum absolute atomic E-state index is 13.5. The standard InChI is InChI=1S/C11H16FNO4S2/c1-8(7-18(2,14)15)13-11-6-9(19(3,16)17)4-5-10(11)12/h4-6,8,13H,7H2,1-3H3. The molecule has 0 aromatic heterocycles. The fraction of sp³-hybridized carbons (Fsp3) is 0.455. The second-order valence-corrected chi connectivity index (χ2v) is 8.75. The summed E-state index contributed by atoms with van der Waals surface area (Å²) in [5, 5.41) is 2.66. The molecular formula is C11H16FNO4S2. The molecule has 0 saturated carbocycles. The highest BCUT2D eigenvalue weighted by atomic mass is 32.2. The van der Waals surface area contributed by atoms with Crippen molar-refractivity contribution in [1.82, 2.24) is 0 Å². The van der Waals surface area contributed by atoms with E-state index in [-0.39, 0.29) is 16.3 Å². The molecule has 0 aliphatic rings. The minimum absolute atomic E-state index is 0.0250. The van der Waals surface area contributed by atoms with E-state index in [0.717, 1.165) is 30.7 Å². The van der Waals surface area contributed by atoms with Crippen LogP contribution in [0, 0.1) is 5.82 Å². The summed E-state index contributed by atoms with van der Waals surface area (Å²) in [6.45, 7) is 1.58. The number of benzene rings is 1. The maximum Gasteiger partial charge on any atom is 0.175 e. The third kappa shape index (κ3) is 5.15. The SMILES string of the molecule is CC(CS(C)(=O)=O)Nc1cc(S(C)(=O)=O)ccc1F. The molecule has 0 radical (unpaired) electrons. The molecule has 1 aromatic carbocycles. The molecule has 108 valence electrons. The van der Waals surface area contributed by atoms with Crippen molar-refractivity contribution >= 4 is 25.4 Å². The molecule has 0 aliphatic carbocycles. The van der Waals surface area contributed by atoms with Gasteiger partial charge in [-0.15, -0.1) is 0 Å². The largest absolute Gasteiger partial charge is 0.379 e.